The van der Waals surface area contributed by atoms with Gasteiger partial charge in [-0.25, -0.2) is 0 Å². The maximum Gasteiger partial charge on any atom is 0.270 e. The molecule has 2 rings (SSSR count). The van der Waals surface area contributed by atoms with Gasteiger partial charge in [0, 0.05) is 12.1 Å². The van der Waals surface area contributed by atoms with Gasteiger partial charge in [0.15, 0.2) is 0 Å². The summed E-state index contributed by atoms with van der Waals surface area (Å²) in [5.74, 6) is 1.35. The highest BCUT2D eigenvalue weighted by atomic mass is 79.9. The van der Waals surface area contributed by atoms with Crippen LogP contribution in [0, 0.1) is 30.9 Å². The second-order valence-electron chi connectivity index (χ2n) is 4.63. The fourth-order valence-electron chi connectivity index (χ4n) is 1.88. The minimum Gasteiger partial charge on any atom is -0.456 e. The van der Waals surface area contributed by atoms with Crippen molar-refractivity contribution in [3.63, 3.8) is 0 Å². The molecular formula is C17H20BrNO3. The molecule has 0 spiro atoms. The minimum absolute atomic E-state index is 0.0295. The van der Waals surface area contributed by atoms with Crippen LogP contribution in [0.15, 0.2) is 34.8 Å². The van der Waals surface area contributed by atoms with E-state index in [1.807, 2.05) is 46.8 Å². The average Bonchev–Trinajstić information content (AvgIpc) is 2.51. The van der Waals surface area contributed by atoms with Gasteiger partial charge in [0.25, 0.3) is 5.69 Å². The van der Waals surface area contributed by atoms with Crippen molar-refractivity contribution in [2.75, 3.05) is 0 Å². The van der Waals surface area contributed by atoms with Crippen LogP contribution in [-0.2, 0) is 0 Å². The van der Waals surface area contributed by atoms with Crippen LogP contribution in [0.5, 0.6) is 11.5 Å². The van der Waals surface area contributed by atoms with E-state index in [1.165, 1.54) is 12.1 Å². The Bertz CT molecular complexity index is 684. The summed E-state index contributed by atoms with van der Waals surface area (Å²) in [4.78, 5) is 10.3. The zero-order valence-electron chi connectivity index (χ0n) is 13.4. The molecule has 0 unspecified atom stereocenters. The van der Waals surface area contributed by atoms with Crippen LogP contribution in [0.4, 0.5) is 5.69 Å². The number of rotatable bonds is 3. The second kappa shape index (κ2) is 7.94. The fourth-order valence-corrected chi connectivity index (χ4v) is 2.33. The molecule has 2 aromatic carbocycles. The number of nitro groups is 1. The van der Waals surface area contributed by atoms with E-state index in [2.05, 4.69) is 15.9 Å². The highest BCUT2D eigenvalue weighted by Crippen LogP contribution is 2.36. The molecule has 118 valence electrons. The number of non-ortho nitro benzene ring substituents is 1. The van der Waals surface area contributed by atoms with E-state index < -0.39 is 4.92 Å². The van der Waals surface area contributed by atoms with Gasteiger partial charge in [-0.15, -0.1) is 0 Å². The zero-order valence-corrected chi connectivity index (χ0v) is 15.0. The summed E-state index contributed by atoms with van der Waals surface area (Å²) in [6.07, 6.45) is 0. The van der Waals surface area contributed by atoms with E-state index >= 15 is 0 Å². The maximum absolute atomic E-state index is 10.7. The van der Waals surface area contributed by atoms with Crippen LogP contribution in [0.1, 0.15) is 30.5 Å². The number of nitro benzene ring substituents is 1. The molecule has 4 nitrogen and oxygen atoms in total. The lowest BCUT2D eigenvalue weighted by Crippen LogP contribution is -1.95. The van der Waals surface area contributed by atoms with Gasteiger partial charge in [-0.2, -0.15) is 0 Å². The number of halogens is 1. The molecule has 0 radical (unpaired) electrons. The number of nitrogens with zero attached hydrogens (tertiary/aromatic N) is 1. The average molecular weight is 366 g/mol. The highest BCUT2D eigenvalue weighted by Gasteiger charge is 2.13. The van der Waals surface area contributed by atoms with Crippen molar-refractivity contribution < 1.29 is 9.66 Å². The molecule has 5 heteroatoms. The van der Waals surface area contributed by atoms with E-state index in [9.17, 15) is 10.1 Å². The van der Waals surface area contributed by atoms with E-state index in [-0.39, 0.29) is 5.69 Å². The molecule has 0 N–H and O–H groups in total. The van der Waals surface area contributed by atoms with Crippen LogP contribution in [0.25, 0.3) is 0 Å². The first-order valence-corrected chi connectivity index (χ1v) is 7.88. The van der Waals surface area contributed by atoms with E-state index in [1.54, 1.807) is 6.07 Å². The lowest BCUT2D eigenvalue weighted by Gasteiger charge is -2.14. The topological polar surface area (TPSA) is 52.4 Å². The van der Waals surface area contributed by atoms with Crippen molar-refractivity contribution in [3.05, 3.63) is 61.6 Å². The van der Waals surface area contributed by atoms with Crippen LogP contribution >= 0.6 is 15.9 Å². The predicted molar refractivity (Wildman–Crippen MR) is 92.9 cm³/mol. The molecule has 0 bridgehead atoms. The molecule has 0 atom stereocenters. The minimum atomic E-state index is -0.433. The Balaban J connectivity index is 0.00000116. The highest BCUT2D eigenvalue weighted by molar-refractivity contribution is 9.10. The van der Waals surface area contributed by atoms with E-state index in [0.29, 0.717) is 10.2 Å². The summed E-state index contributed by atoms with van der Waals surface area (Å²) in [7, 11) is 0. The van der Waals surface area contributed by atoms with Gasteiger partial charge in [0.1, 0.15) is 11.5 Å². The second-order valence-corrected chi connectivity index (χ2v) is 5.48. The van der Waals surface area contributed by atoms with Crippen molar-refractivity contribution in [2.45, 2.75) is 34.6 Å². The third kappa shape index (κ3) is 4.07. The van der Waals surface area contributed by atoms with Crippen molar-refractivity contribution in [1.82, 2.24) is 0 Å². The molecule has 22 heavy (non-hydrogen) atoms. The van der Waals surface area contributed by atoms with Crippen LogP contribution < -0.4 is 4.74 Å². The third-order valence-corrected chi connectivity index (χ3v) is 3.83. The Morgan fingerprint density at radius 1 is 1.05 bits per heavy atom. The Morgan fingerprint density at radius 2 is 1.64 bits per heavy atom. The molecule has 0 aliphatic rings. The summed E-state index contributed by atoms with van der Waals surface area (Å²) in [6, 6.07) is 8.51. The normalized spacial score (nSPS) is 9.73. The maximum atomic E-state index is 10.7. The lowest BCUT2D eigenvalue weighted by molar-refractivity contribution is -0.384. The summed E-state index contributed by atoms with van der Waals surface area (Å²) in [5, 5.41) is 10.7. The van der Waals surface area contributed by atoms with Gasteiger partial charge in [0.2, 0.25) is 0 Å². The van der Waals surface area contributed by atoms with Gasteiger partial charge in [-0.3, -0.25) is 10.1 Å². The SMILES string of the molecule is CC.Cc1ccc(C)c(Oc2ccc([N+](=O)[O-])cc2Br)c1C. The Kier molecular flexibility index (Phi) is 6.56. The molecule has 0 saturated carbocycles. The summed E-state index contributed by atoms with van der Waals surface area (Å²) in [5.41, 5.74) is 3.26. The largest absolute Gasteiger partial charge is 0.456 e. The Morgan fingerprint density at radius 3 is 2.18 bits per heavy atom. The van der Waals surface area contributed by atoms with E-state index in [0.717, 1.165) is 22.4 Å². The van der Waals surface area contributed by atoms with Crippen molar-refractivity contribution in [1.29, 1.82) is 0 Å². The summed E-state index contributed by atoms with van der Waals surface area (Å²) in [6.45, 7) is 9.99. The lowest BCUT2D eigenvalue weighted by atomic mass is 10.1. The van der Waals surface area contributed by atoms with Crippen molar-refractivity contribution >= 4 is 21.6 Å². The van der Waals surface area contributed by atoms with Crippen molar-refractivity contribution in [2.24, 2.45) is 0 Å². The molecule has 0 aliphatic heterocycles. The molecule has 0 heterocycles. The van der Waals surface area contributed by atoms with Gasteiger partial charge in [0.05, 0.1) is 9.40 Å². The molecule has 2 aromatic rings. The van der Waals surface area contributed by atoms with Gasteiger partial charge in [-0.1, -0.05) is 26.0 Å². The molecular weight excluding hydrogens is 346 g/mol. The van der Waals surface area contributed by atoms with Gasteiger partial charge < -0.3 is 4.74 Å². The Labute approximate surface area is 139 Å². The predicted octanol–water partition coefficient (Wildman–Crippen LogP) is 6.10. The molecule has 0 aromatic heterocycles. The molecule has 0 aliphatic carbocycles. The van der Waals surface area contributed by atoms with Crippen LogP contribution in [0.3, 0.4) is 0 Å². The van der Waals surface area contributed by atoms with Crippen molar-refractivity contribution in [3.8, 4) is 11.5 Å². The number of benzene rings is 2. The number of hydrogen-bond donors (Lipinski definition) is 0. The molecule has 0 amide bonds. The smallest absolute Gasteiger partial charge is 0.270 e. The first-order chi connectivity index (χ1) is 10.4. The first-order valence-electron chi connectivity index (χ1n) is 7.08. The number of hydrogen-bond acceptors (Lipinski definition) is 3. The summed E-state index contributed by atoms with van der Waals surface area (Å²) >= 11 is 3.31. The molecule has 0 saturated heterocycles. The third-order valence-electron chi connectivity index (χ3n) is 3.21. The van der Waals surface area contributed by atoms with E-state index in [4.69, 9.17) is 4.74 Å². The van der Waals surface area contributed by atoms with Crippen LogP contribution in [-0.4, -0.2) is 4.92 Å². The quantitative estimate of drug-likeness (QED) is 0.487. The van der Waals surface area contributed by atoms with Gasteiger partial charge >= 0.3 is 0 Å². The van der Waals surface area contributed by atoms with Crippen LogP contribution in [0.2, 0.25) is 0 Å². The first kappa shape index (κ1) is 18.2. The monoisotopic (exact) mass is 365 g/mol. The molecule has 0 fully saturated rings. The Hall–Kier alpha value is -1.88. The number of ether oxygens (including phenoxy) is 1. The summed E-state index contributed by atoms with van der Waals surface area (Å²) < 4.78 is 6.48. The van der Waals surface area contributed by atoms with Gasteiger partial charge in [-0.05, 0) is 59.5 Å². The standard InChI is InChI=1S/C15H14BrNO3.C2H6/c1-9-4-5-10(2)15(11(9)3)20-14-7-6-12(17(18)19)8-13(14)16;1-2/h4-8H,1-3H3;1-2H3. The fraction of sp³-hybridized carbons (Fsp3) is 0.294. The zero-order chi connectivity index (χ0) is 16.9. The number of aryl methyl sites for hydroxylation is 2.